The number of methoxy groups -OCH3 is 1. The summed E-state index contributed by atoms with van der Waals surface area (Å²) in [5.41, 5.74) is 0.604. The Morgan fingerprint density at radius 1 is 1.23 bits per heavy atom. The molecule has 0 unspecified atom stereocenters. The minimum absolute atomic E-state index is 0.113. The molecule has 3 aromatic rings. The van der Waals surface area contributed by atoms with E-state index in [0.29, 0.717) is 16.6 Å². The van der Waals surface area contributed by atoms with Gasteiger partial charge in [-0.1, -0.05) is 0 Å². The maximum atomic E-state index is 15.3. The average Bonchev–Trinajstić information content (AvgIpc) is 3.13. The fourth-order valence-electron chi connectivity index (χ4n) is 5.16. The first kappa shape index (κ1) is 26.2. The molecule has 5 heterocycles. The third-order valence-electron chi connectivity index (χ3n) is 6.92. The van der Waals surface area contributed by atoms with Crippen LogP contribution in [0.4, 0.5) is 13.6 Å². The van der Waals surface area contributed by atoms with E-state index >= 15 is 4.39 Å². The number of morpholine rings is 1. The molecule has 3 aliphatic heterocycles. The third kappa shape index (κ3) is 4.28. The molecule has 0 saturated carbocycles. The van der Waals surface area contributed by atoms with Crippen LogP contribution in [0.1, 0.15) is 33.4 Å². The molecule has 208 valence electrons. The molecule has 11 nitrogen and oxygen atoms in total. The zero-order valence-electron chi connectivity index (χ0n) is 21.0. The first-order valence-electron chi connectivity index (χ1n) is 12.2. The fraction of sp³-hybridized carbons (Fsp3) is 0.308. The number of hydrogen-bond acceptors (Lipinski definition) is 9. The van der Waals surface area contributed by atoms with Gasteiger partial charge in [0, 0.05) is 0 Å². The van der Waals surface area contributed by atoms with Crippen LogP contribution >= 0.6 is 0 Å². The zero-order valence-corrected chi connectivity index (χ0v) is 22.8. The van der Waals surface area contributed by atoms with Crippen LogP contribution in [0.5, 0.6) is 5.75 Å². The summed E-state index contributed by atoms with van der Waals surface area (Å²) in [5, 5.41) is 2.09. The van der Waals surface area contributed by atoms with Gasteiger partial charge >= 0.3 is 225 Å². The molecule has 40 heavy (non-hydrogen) atoms. The van der Waals surface area contributed by atoms with E-state index in [1.165, 1.54) is 23.0 Å². The van der Waals surface area contributed by atoms with E-state index in [4.69, 9.17) is 14.2 Å². The van der Waals surface area contributed by atoms with Crippen LogP contribution in [0.3, 0.4) is 0 Å². The van der Waals surface area contributed by atoms with E-state index in [1.54, 1.807) is 22.2 Å². The topological polar surface area (TPSA) is 112 Å². The Kier molecular flexibility index (Phi) is 6.90. The van der Waals surface area contributed by atoms with Gasteiger partial charge in [-0.2, -0.15) is 0 Å². The van der Waals surface area contributed by atoms with Crippen molar-refractivity contribution in [3.63, 3.8) is 0 Å². The molecule has 0 radical (unpaired) electrons. The summed E-state index contributed by atoms with van der Waals surface area (Å²) in [6.45, 7) is -0.102. The Labute approximate surface area is 232 Å². The van der Waals surface area contributed by atoms with Crippen molar-refractivity contribution in [2.45, 2.75) is 17.5 Å². The number of ether oxygens (including phenoxy) is 4. The summed E-state index contributed by atoms with van der Waals surface area (Å²) in [6.07, 6.45) is 1.34. The van der Waals surface area contributed by atoms with Gasteiger partial charge in [0.25, 0.3) is 0 Å². The predicted molar refractivity (Wildman–Crippen MR) is 135 cm³/mol. The first-order chi connectivity index (χ1) is 19.4. The molecule has 3 aliphatic rings. The second kappa shape index (κ2) is 10.5. The van der Waals surface area contributed by atoms with Gasteiger partial charge in [-0.05, 0) is 0 Å². The van der Waals surface area contributed by atoms with Crippen LogP contribution in [0.15, 0.2) is 47.5 Å². The van der Waals surface area contributed by atoms with Gasteiger partial charge in [-0.15, -0.1) is 0 Å². The van der Waals surface area contributed by atoms with Crippen molar-refractivity contribution in [1.29, 1.82) is 0 Å². The molecule has 0 spiro atoms. The number of amides is 1. The van der Waals surface area contributed by atoms with E-state index in [0.717, 1.165) is 17.6 Å². The summed E-state index contributed by atoms with van der Waals surface area (Å²) >= 11 is -0.262. The summed E-state index contributed by atoms with van der Waals surface area (Å²) in [4.78, 5) is 44.4. The summed E-state index contributed by atoms with van der Waals surface area (Å²) in [5.74, 6) is -2.71. The Morgan fingerprint density at radius 3 is 2.90 bits per heavy atom. The van der Waals surface area contributed by atoms with Gasteiger partial charge in [0.05, 0.1) is 7.11 Å². The number of benzene rings is 1. The standard InChI is InChI=1S/C26H22F2N4O7Se/c1-36-26(35)39-13-38-24-17(33)6-8-31-23(24)25(34)30-9-10-37-11-19(30)32(31)22-14-4-5-16(27)20(28)15(14)12-40-18-3-2-7-29-21(18)22/h2-8,19,22H,9-13H2,1H3/t19-,22+/m1/s1. The number of carbonyl (C=O) groups excluding carboxylic acids is 2. The van der Waals surface area contributed by atoms with Gasteiger partial charge in [0.15, 0.2) is 0 Å². The van der Waals surface area contributed by atoms with Crippen molar-refractivity contribution in [2.24, 2.45) is 0 Å². The van der Waals surface area contributed by atoms with Crippen LogP contribution in [-0.4, -0.2) is 81.4 Å². The Balaban J connectivity index is 1.58. The van der Waals surface area contributed by atoms with Gasteiger partial charge in [-0.25, -0.2) is 0 Å². The monoisotopic (exact) mass is 620 g/mol. The van der Waals surface area contributed by atoms with Gasteiger partial charge in [0.1, 0.15) is 0 Å². The summed E-state index contributed by atoms with van der Waals surface area (Å²) in [6, 6.07) is 6.74. The van der Waals surface area contributed by atoms with Crippen LogP contribution in [0.25, 0.3) is 0 Å². The third-order valence-corrected chi connectivity index (χ3v) is 9.21. The van der Waals surface area contributed by atoms with Crippen molar-refractivity contribution in [2.75, 3.05) is 38.7 Å². The average molecular weight is 619 g/mol. The van der Waals surface area contributed by atoms with Crippen molar-refractivity contribution < 1.29 is 37.3 Å². The Bertz CT molecular complexity index is 1570. The number of aromatic nitrogens is 2. The molecular formula is C26H22F2N4O7Se. The molecule has 1 amide bonds. The Morgan fingerprint density at radius 2 is 2.08 bits per heavy atom. The van der Waals surface area contributed by atoms with Crippen LogP contribution < -0.4 is 19.6 Å². The summed E-state index contributed by atoms with van der Waals surface area (Å²) < 4.78 is 52.5. The van der Waals surface area contributed by atoms with E-state index in [9.17, 15) is 18.8 Å². The number of carbonyl (C=O) groups is 2. The van der Waals surface area contributed by atoms with Crippen LogP contribution in [0, 0.1) is 11.6 Å². The molecule has 0 N–H and O–H groups in total. The zero-order chi connectivity index (χ0) is 28.0. The quantitative estimate of drug-likeness (QED) is 0.240. The van der Waals surface area contributed by atoms with Crippen molar-refractivity contribution in [1.82, 2.24) is 14.6 Å². The number of fused-ring (bicyclic) bond motifs is 4. The molecule has 0 aliphatic carbocycles. The fourth-order valence-corrected chi connectivity index (χ4v) is 7.43. The van der Waals surface area contributed by atoms with E-state index in [-0.39, 0.29) is 51.7 Å². The van der Waals surface area contributed by atoms with Crippen molar-refractivity contribution >= 4 is 31.5 Å². The van der Waals surface area contributed by atoms with E-state index in [2.05, 4.69) is 9.72 Å². The molecule has 2 atom stereocenters. The number of halogens is 2. The van der Waals surface area contributed by atoms with Gasteiger partial charge in [-0.3, -0.25) is 0 Å². The number of nitrogens with zero attached hydrogens (tertiary/aromatic N) is 4. The molecule has 0 bridgehead atoms. The first-order valence-corrected chi connectivity index (χ1v) is 14.3. The Hall–Kier alpha value is -4.00. The SMILES string of the molecule is COC(=O)OCOc1c2n(ccc1=O)N([C@H]1c3ccc(F)c(F)c3C[Se]c3cccnc31)[C@@H]1COCCN1C2=O. The molecule has 1 aromatic carbocycles. The molecule has 6 rings (SSSR count). The number of rotatable bonds is 4. The van der Waals surface area contributed by atoms with Crippen molar-refractivity contribution in [3.8, 4) is 5.75 Å². The van der Waals surface area contributed by atoms with Crippen LogP contribution in [0.2, 0.25) is 0 Å². The van der Waals surface area contributed by atoms with Gasteiger partial charge < -0.3 is 0 Å². The normalized spacial score (nSPS) is 19.5. The summed E-state index contributed by atoms with van der Waals surface area (Å²) in [7, 11) is 1.12. The molecule has 14 heteroatoms. The maximum absolute atomic E-state index is 15.3. The molecule has 2 aromatic heterocycles. The number of pyridine rings is 2. The molecule has 1 fully saturated rings. The van der Waals surface area contributed by atoms with Crippen LogP contribution in [-0.2, 0) is 19.5 Å². The second-order valence-corrected chi connectivity index (χ2v) is 11.1. The van der Waals surface area contributed by atoms with Gasteiger partial charge in [0.2, 0.25) is 0 Å². The van der Waals surface area contributed by atoms with Crippen molar-refractivity contribution in [3.05, 3.63) is 87.1 Å². The molecule has 1 saturated heterocycles. The number of hydrogen-bond donors (Lipinski definition) is 0. The predicted octanol–water partition coefficient (Wildman–Crippen LogP) is 1.02. The second-order valence-electron chi connectivity index (χ2n) is 9.00. The minimum atomic E-state index is -1.03. The molecular weight excluding hydrogens is 597 g/mol. The van der Waals surface area contributed by atoms with E-state index in [1.807, 2.05) is 6.07 Å². The van der Waals surface area contributed by atoms with E-state index < -0.39 is 48.1 Å².